The Morgan fingerprint density at radius 2 is 2.30 bits per heavy atom. The lowest BCUT2D eigenvalue weighted by Gasteiger charge is -2.14. The van der Waals surface area contributed by atoms with Crippen molar-refractivity contribution in [3.63, 3.8) is 0 Å². The third-order valence-corrected chi connectivity index (χ3v) is 3.31. The van der Waals surface area contributed by atoms with E-state index in [4.69, 9.17) is 27.8 Å². The van der Waals surface area contributed by atoms with Crippen LogP contribution in [0.3, 0.4) is 0 Å². The number of rotatable bonds is 7. The summed E-state index contributed by atoms with van der Waals surface area (Å²) < 4.78 is 5.59. The van der Waals surface area contributed by atoms with Crippen LogP contribution in [0.5, 0.6) is 5.75 Å². The second-order valence-electron chi connectivity index (χ2n) is 4.91. The van der Waals surface area contributed by atoms with Gasteiger partial charge in [-0.2, -0.15) is 4.98 Å². The molecule has 1 unspecified atom stereocenters. The average Bonchev–Trinajstić information content (AvgIpc) is 2.94. The SMILES string of the molecule is CC(NC(=O)c1ccc(Cl)cc1OCCCN)c1nc(N)n[nH]1. The molecular formula is C14H19ClN6O2. The molecule has 1 atom stereocenters. The van der Waals surface area contributed by atoms with Gasteiger partial charge in [0.1, 0.15) is 11.6 Å². The van der Waals surface area contributed by atoms with E-state index in [0.29, 0.717) is 41.7 Å². The predicted octanol–water partition coefficient (Wildman–Crippen LogP) is 1.26. The summed E-state index contributed by atoms with van der Waals surface area (Å²) in [5, 5.41) is 9.68. The predicted molar refractivity (Wildman–Crippen MR) is 87.3 cm³/mol. The first-order valence-electron chi connectivity index (χ1n) is 7.12. The molecule has 124 valence electrons. The molecule has 0 aliphatic rings. The Morgan fingerprint density at radius 1 is 1.52 bits per heavy atom. The van der Waals surface area contributed by atoms with Crippen LogP contribution in [0, 0.1) is 0 Å². The molecule has 6 N–H and O–H groups in total. The molecule has 0 saturated heterocycles. The standard InChI is InChI=1S/C14H19ClN6O2/c1-8(12-19-14(17)21-20-12)18-13(22)10-4-3-9(15)7-11(10)23-6-2-5-16/h3-4,7-8H,2,5-6,16H2,1H3,(H,18,22)(H3,17,19,20,21). The van der Waals surface area contributed by atoms with Crippen molar-refractivity contribution < 1.29 is 9.53 Å². The lowest BCUT2D eigenvalue weighted by Crippen LogP contribution is -2.28. The maximum atomic E-state index is 12.4. The molecule has 9 heteroatoms. The van der Waals surface area contributed by atoms with Gasteiger partial charge in [-0.15, -0.1) is 5.10 Å². The Balaban J connectivity index is 2.11. The lowest BCUT2D eigenvalue weighted by atomic mass is 10.1. The van der Waals surface area contributed by atoms with Crippen LogP contribution in [-0.2, 0) is 0 Å². The number of anilines is 1. The molecule has 0 fully saturated rings. The van der Waals surface area contributed by atoms with E-state index in [2.05, 4.69) is 20.5 Å². The summed E-state index contributed by atoms with van der Waals surface area (Å²) >= 11 is 5.97. The first-order chi connectivity index (χ1) is 11.0. The molecule has 8 nitrogen and oxygen atoms in total. The van der Waals surface area contributed by atoms with Crippen molar-refractivity contribution in [2.45, 2.75) is 19.4 Å². The van der Waals surface area contributed by atoms with Crippen LogP contribution in [0.2, 0.25) is 5.02 Å². The topological polar surface area (TPSA) is 132 Å². The minimum atomic E-state index is -0.389. The van der Waals surface area contributed by atoms with Gasteiger partial charge >= 0.3 is 0 Å². The fourth-order valence-corrected chi connectivity index (χ4v) is 2.06. The number of nitrogens with two attached hydrogens (primary N) is 2. The van der Waals surface area contributed by atoms with Crippen LogP contribution < -0.4 is 21.5 Å². The highest BCUT2D eigenvalue weighted by Gasteiger charge is 2.18. The third kappa shape index (κ3) is 4.57. The number of nitrogens with zero attached hydrogens (tertiary/aromatic N) is 2. The van der Waals surface area contributed by atoms with E-state index in [9.17, 15) is 4.79 Å². The van der Waals surface area contributed by atoms with Gasteiger partial charge in [-0.1, -0.05) is 11.6 Å². The summed E-state index contributed by atoms with van der Waals surface area (Å²) in [6.45, 7) is 2.68. The van der Waals surface area contributed by atoms with E-state index in [0.717, 1.165) is 0 Å². The number of hydrogen-bond acceptors (Lipinski definition) is 6. The van der Waals surface area contributed by atoms with Gasteiger partial charge in [-0.3, -0.25) is 9.89 Å². The van der Waals surface area contributed by atoms with Crippen LogP contribution in [0.1, 0.15) is 35.6 Å². The van der Waals surface area contributed by atoms with E-state index in [1.54, 1.807) is 25.1 Å². The number of aromatic amines is 1. The fraction of sp³-hybridized carbons (Fsp3) is 0.357. The molecule has 1 aromatic carbocycles. The lowest BCUT2D eigenvalue weighted by molar-refractivity contribution is 0.0934. The van der Waals surface area contributed by atoms with Crippen LogP contribution in [0.4, 0.5) is 5.95 Å². The number of amides is 1. The van der Waals surface area contributed by atoms with Gasteiger partial charge in [0.2, 0.25) is 5.95 Å². The monoisotopic (exact) mass is 338 g/mol. The molecule has 1 aromatic heterocycles. The largest absolute Gasteiger partial charge is 0.493 e. The number of carbonyl (C=O) groups is 1. The number of H-pyrrole nitrogens is 1. The second kappa shape index (κ2) is 7.80. The highest BCUT2D eigenvalue weighted by atomic mass is 35.5. The Kier molecular flexibility index (Phi) is 5.78. The van der Waals surface area contributed by atoms with Crippen molar-refractivity contribution in [2.75, 3.05) is 18.9 Å². The van der Waals surface area contributed by atoms with Gasteiger partial charge in [-0.25, -0.2) is 0 Å². The fourth-order valence-electron chi connectivity index (χ4n) is 1.89. The van der Waals surface area contributed by atoms with Crippen LogP contribution in [-0.4, -0.2) is 34.2 Å². The quantitative estimate of drug-likeness (QED) is 0.562. The van der Waals surface area contributed by atoms with Crippen molar-refractivity contribution in [3.8, 4) is 5.75 Å². The number of ether oxygens (including phenoxy) is 1. The molecule has 0 spiro atoms. The van der Waals surface area contributed by atoms with Crippen LogP contribution in [0.25, 0.3) is 0 Å². The van der Waals surface area contributed by atoms with Gasteiger partial charge in [0.25, 0.3) is 5.91 Å². The molecule has 2 rings (SSSR count). The molecule has 0 aliphatic carbocycles. The molecule has 0 aliphatic heterocycles. The van der Waals surface area contributed by atoms with E-state index >= 15 is 0 Å². The number of nitrogens with one attached hydrogen (secondary N) is 2. The maximum absolute atomic E-state index is 12.4. The first kappa shape index (κ1) is 17.0. The molecule has 2 aromatic rings. The van der Waals surface area contributed by atoms with Gasteiger partial charge in [-0.05, 0) is 38.1 Å². The van der Waals surface area contributed by atoms with Crippen molar-refractivity contribution in [1.82, 2.24) is 20.5 Å². The molecular weight excluding hydrogens is 320 g/mol. The number of nitrogen functional groups attached to an aromatic ring is 1. The summed E-state index contributed by atoms with van der Waals surface area (Å²) in [5.74, 6) is 0.688. The zero-order valence-electron chi connectivity index (χ0n) is 12.7. The van der Waals surface area contributed by atoms with E-state index in [1.807, 2.05) is 0 Å². The molecule has 0 bridgehead atoms. The number of hydrogen-bond donors (Lipinski definition) is 4. The maximum Gasteiger partial charge on any atom is 0.255 e. The Bertz CT molecular complexity index is 675. The van der Waals surface area contributed by atoms with Crippen molar-refractivity contribution >= 4 is 23.5 Å². The van der Waals surface area contributed by atoms with E-state index in [1.165, 1.54) is 0 Å². The number of aromatic nitrogens is 3. The van der Waals surface area contributed by atoms with Crippen molar-refractivity contribution in [2.24, 2.45) is 5.73 Å². The van der Waals surface area contributed by atoms with Crippen molar-refractivity contribution in [3.05, 3.63) is 34.6 Å². The zero-order chi connectivity index (χ0) is 16.8. The highest BCUT2D eigenvalue weighted by molar-refractivity contribution is 6.30. The normalized spacial score (nSPS) is 12.0. The van der Waals surface area contributed by atoms with Gasteiger partial charge < -0.3 is 21.5 Å². The zero-order valence-corrected chi connectivity index (χ0v) is 13.4. The van der Waals surface area contributed by atoms with Gasteiger partial charge in [0.05, 0.1) is 18.2 Å². The van der Waals surface area contributed by atoms with Gasteiger partial charge in [0, 0.05) is 5.02 Å². The number of benzene rings is 1. The van der Waals surface area contributed by atoms with Crippen LogP contribution in [0.15, 0.2) is 18.2 Å². The smallest absolute Gasteiger partial charge is 0.255 e. The summed E-state index contributed by atoms with van der Waals surface area (Å²) in [4.78, 5) is 16.4. The Labute approximate surface area is 138 Å². The third-order valence-electron chi connectivity index (χ3n) is 3.07. The van der Waals surface area contributed by atoms with E-state index < -0.39 is 0 Å². The molecule has 0 radical (unpaired) electrons. The Hall–Kier alpha value is -2.32. The Morgan fingerprint density at radius 3 is 2.96 bits per heavy atom. The minimum Gasteiger partial charge on any atom is -0.493 e. The number of carbonyl (C=O) groups excluding carboxylic acids is 1. The second-order valence-corrected chi connectivity index (χ2v) is 5.34. The number of halogens is 1. The summed E-state index contributed by atoms with van der Waals surface area (Å²) in [6, 6.07) is 4.45. The average molecular weight is 339 g/mol. The summed E-state index contributed by atoms with van der Waals surface area (Å²) in [6.07, 6.45) is 0.682. The molecule has 23 heavy (non-hydrogen) atoms. The van der Waals surface area contributed by atoms with Crippen molar-refractivity contribution in [1.29, 1.82) is 0 Å². The van der Waals surface area contributed by atoms with E-state index in [-0.39, 0.29) is 17.9 Å². The summed E-state index contributed by atoms with van der Waals surface area (Å²) in [5.41, 5.74) is 11.3. The molecule has 1 heterocycles. The summed E-state index contributed by atoms with van der Waals surface area (Å²) in [7, 11) is 0. The highest BCUT2D eigenvalue weighted by Crippen LogP contribution is 2.24. The minimum absolute atomic E-state index is 0.124. The van der Waals surface area contributed by atoms with Gasteiger partial charge in [0.15, 0.2) is 0 Å². The molecule has 0 saturated carbocycles. The first-order valence-corrected chi connectivity index (χ1v) is 7.50. The molecule has 1 amide bonds. The van der Waals surface area contributed by atoms with Crippen LogP contribution >= 0.6 is 11.6 Å².